The summed E-state index contributed by atoms with van der Waals surface area (Å²) in [5.74, 6) is 0.887. The van der Waals surface area contributed by atoms with Gasteiger partial charge < -0.3 is 14.1 Å². The minimum absolute atomic E-state index is 0.436. The highest BCUT2D eigenvalue weighted by molar-refractivity contribution is 6.32. The van der Waals surface area contributed by atoms with Crippen LogP contribution in [0.5, 0.6) is 0 Å². The third-order valence-electron chi connectivity index (χ3n) is 4.47. The average molecular weight is 343 g/mol. The molecule has 4 nitrogen and oxygen atoms in total. The zero-order chi connectivity index (χ0) is 16.5. The van der Waals surface area contributed by atoms with Crippen molar-refractivity contribution in [2.24, 2.45) is 0 Å². The van der Waals surface area contributed by atoms with Crippen LogP contribution in [0.25, 0.3) is 11.0 Å². The van der Waals surface area contributed by atoms with Gasteiger partial charge in [0.05, 0.1) is 12.3 Å². The highest BCUT2D eigenvalue weighted by Crippen LogP contribution is 2.36. The van der Waals surface area contributed by atoms with Gasteiger partial charge in [0.1, 0.15) is 18.0 Å². The van der Waals surface area contributed by atoms with Gasteiger partial charge in [-0.15, -0.1) is 0 Å². The number of likely N-dealkylation sites (N-methyl/N-ethyl adjacent to an activating group) is 1. The van der Waals surface area contributed by atoms with Crippen molar-refractivity contribution in [2.75, 3.05) is 13.6 Å². The number of nitrogens with zero attached hydrogens (tertiary/aromatic N) is 2. The van der Waals surface area contributed by atoms with Gasteiger partial charge in [0, 0.05) is 35.3 Å². The fraction of sp³-hybridized carbons (Fsp3) is 0.316. The molecule has 2 aromatic heterocycles. The summed E-state index contributed by atoms with van der Waals surface area (Å²) >= 11 is 6.42. The molecule has 0 saturated carbocycles. The van der Waals surface area contributed by atoms with E-state index in [1.807, 2.05) is 30.3 Å². The lowest BCUT2D eigenvalue weighted by molar-refractivity contribution is 0.0904. The number of pyridine rings is 1. The Morgan fingerprint density at radius 3 is 2.96 bits per heavy atom. The summed E-state index contributed by atoms with van der Waals surface area (Å²) in [6.45, 7) is 2.75. The number of hydrogen-bond acceptors (Lipinski definition) is 4. The van der Waals surface area contributed by atoms with Crippen LogP contribution in [0.2, 0.25) is 5.02 Å². The smallest absolute Gasteiger partial charge is 0.135 e. The van der Waals surface area contributed by atoms with Crippen LogP contribution >= 0.6 is 11.6 Å². The lowest BCUT2D eigenvalue weighted by Crippen LogP contribution is -2.19. The van der Waals surface area contributed by atoms with Crippen molar-refractivity contribution in [1.29, 1.82) is 0 Å². The Morgan fingerprint density at radius 2 is 2.12 bits per heavy atom. The molecule has 3 aromatic rings. The fourth-order valence-corrected chi connectivity index (χ4v) is 3.51. The molecule has 0 fully saturated rings. The zero-order valence-electron chi connectivity index (χ0n) is 13.6. The lowest BCUT2D eigenvalue weighted by Gasteiger charge is -2.13. The molecule has 0 aliphatic carbocycles. The predicted octanol–water partition coefficient (Wildman–Crippen LogP) is 4.19. The predicted molar refractivity (Wildman–Crippen MR) is 94.0 cm³/mol. The Labute approximate surface area is 146 Å². The molecule has 0 bridgehead atoms. The van der Waals surface area contributed by atoms with Gasteiger partial charge in [0.2, 0.25) is 0 Å². The van der Waals surface area contributed by atoms with E-state index in [0.29, 0.717) is 13.2 Å². The summed E-state index contributed by atoms with van der Waals surface area (Å²) in [4.78, 5) is 6.57. The summed E-state index contributed by atoms with van der Waals surface area (Å²) in [6.07, 6.45) is 2.71. The highest BCUT2D eigenvalue weighted by atomic mass is 35.5. The molecule has 1 aliphatic rings. The summed E-state index contributed by atoms with van der Waals surface area (Å²) in [5, 5.41) is 1.99. The molecule has 0 saturated heterocycles. The third-order valence-corrected chi connectivity index (χ3v) is 4.82. The van der Waals surface area contributed by atoms with Gasteiger partial charge in [-0.1, -0.05) is 17.7 Å². The number of hydrogen-bond donors (Lipinski definition) is 0. The molecule has 3 heterocycles. The van der Waals surface area contributed by atoms with Crippen LogP contribution in [0.3, 0.4) is 0 Å². The fourth-order valence-electron chi connectivity index (χ4n) is 3.26. The normalized spacial score (nSPS) is 14.9. The van der Waals surface area contributed by atoms with Gasteiger partial charge >= 0.3 is 0 Å². The summed E-state index contributed by atoms with van der Waals surface area (Å²) in [7, 11) is 2.12. The van der Waals surface area contributed by atoms with Crippen LogP contribution in [0, 0.1) is 0 Å². The number of halogens is 1. The van der Waals surface area contributed by atoms with Crippen LogP contribution in [0.4, 0.5) is 0 Å². The van der Waals surface area contributed by atoms with Gasteiger partial charge in [0.15, 0.2) is 0 Å². The first kappa shape index (κ1) is 15.6. The largest absolute Gasteiger partial charge is 0.458 e. The lowest BCUT2D eigenvalue weighted by atomic mass is 10.0. The van der Waals surface area contributed by atoms with Crippen LogP contribution < -0.4 is 0 Å². The molecule has 1 aliphatic heterocycles. The van der Waals surface area contributed by atoms with E-state index in [0.717, 1.165) is 41.6 Å². The Balaban J connectivity index is 1.63. The molecule has 124 valence electrons. The van der Waals surface area contributed by atoms with Gasteiger partial charge in [-0.25, -0.2) is 0 Å². The second kappa shape index (κ2) is 6.55. The van der Waals surface area contributed by atoms with Crippen LogP contribution in [0.1, 0.15) is 22.6 Å². The highest BCUT2D eigenvalue weighted by Gasteiger charge is 2.23. The van der Waals surface area contributed by atoms with E-state index in [-0.39, 0.29) is 0 Å². The van der Waals surface area contributed by atoms with Gasteiger partial charge in [-0.05, 0) is 43.3 Å². The SMILES string of the molecule is CN1CCc2c(Cl)ccc3oc(COCc4ccccn4)c(c23)C1. The standard InChI is InChI=1S/C19H19ClN2O2/c1-22-9-7-14-16(20)5-6-17-19(14)15(10-22)18(24-17)12-23-11-13-4-2-3-8-21-13/h2-6,8H,7,9-12H2,1H3. The number of benzene rings is 1. The van der Waals surface area contributed by atoms with Crippen molar-refractivity contribution in [3.8, 4) is 0 Å². The molecule has 0 atom stereocenters. The number of ether oxygens (including phenoxy) is 1. The minimum atomic E-state index is 0.436. The van der Waals surface area contributed by atoms with Crippen molar-refractivity contribution in [1.82, 2.24) is 9.88 Å². The Kier molecular flexibility index (Phi) is 4.27. The number of rotatable bonds is 4. The molecule has 0 spiro atoms. The first-order chi connectivity index (χ1) is 11.7. The van der Waals surface area contributed by atoms with Crippen molar-refractivity contribution >= 4 is 22.6 Å². The topological polar surface area (TPSA) is 38.5 Å². The monoisotopic (exact) mass is 342 g/mol. The van der Waals surface area contributed by atoms with Crippen LogP contribution in [-0.2, 0) is 30.9 Å². The Hall–Kier alpha value is -1.88. The summed E-state index contributed by atoms with van der Waals surface area (Å²) in [5.41, 5.74) is 4.20. The first-order valence-corrected chi connectivity index (χ1v) is 8.48. The molecule has 5 heteroatoms. The van der Waals surface area contributed by atoms with Crippen molar-refractivity contribution in [3.05, 3.63) is 64.1 Å². The second-order valence-corrected chi connectivity index (χ2v) is 6.61. The second-order valence-electron chi connectivity index (χ2n) is 6.20. The van der Waals surface area contributed by atoms with E-state index < -0.39 is 0 Å². The molecular formula is C19H19ClN2O2. The van der Waals surface area contributed by atoms with E-state index in [4.69, 9.17) is 20.8 Å². The average Bonchev–Trinajstić information content (AvgIpc) is 2.81. The minimum Gasteiger partial charge on any atom is -0.458 e. The first-order valence-electron chi connectivity index (χ1n) is 8.10. The Morgan fingerprint density at radius 1 is 1.21 bits per heavy atom. The zero-order valence-corrected chi connectivity index (χ0v) is 14.3. The maximum atomic E-state index is 6.42. The Bertz CT molecular complexity index is 861. The molecule has 0 amide bonds. The van der Waals surface area contributed by atoms with E-state index >= 15 is 0 Å². The molecule has 0 unspecified atom stereocenters. The summed E-state index contributed by atoms with van der Waals surface area (Å²) < 4.78 is 11.9. The van der Waals surface area contributed by atoms with Crippen molar-refractivity contribution < 1.29 is 9.15 Å². The van der Waals surface area contributed by atoms with Gasteiger partial charge in [-0.3, -0.25) is 4.98 Å². The van der Waals surface area contributed by atoms with Crippen molar-refractivity contribution in [3.63, 3.8) is 0 Å². The third kappa shape index (κ3) is 2.93. The van der Waals surface area contributed by atoms with E-state index in [9.17, 15) is 0 Å². The van der Waals surface area contributed by atoms with E-state index in [2.05, 4.69) is 16.9 Å². The maximum Gasteiger partial charge on any atom is 0.135 e. The molecular weight excluding hydrogens is 324 g/mol. The van der Waals surface area contributed by atoms with Gasteiger partial charge in [0.25, 0.3) is 0 Å². The molecule has 1 aromatic carbocycles. The van der Waals surface area contributed by atoms with Crippen LogP contribution in [0.15, 0.2) is 40.9 Å². The van der Waals surface area contributed by atoms with Gasteiger partial charge in [-0.2, -0.15) is 0 Å². The quantitative estimate of drug-likeness (QED) is 0.712. The van der Waals surface area contributed by atoms with E-state index in [1.165, 1.54) is 16.5 Å². The van der Waals surface area contributed by atoms with Crippen LogP contribution in [-0.4, -0.2) is 23.5 Å². The maximum absolute atomic E-state index is 6.42. The molecule has 24 heavy (non-hydrogen) atoms. The summed E-state index contributed by atoms with van der Waals surface area (Å²) in [6, 6.07) is 9.70. The number of aromatic nitrogens is 1. The van der Waals surface area contributed by atoms with E-state index in [1.54, 1.807) is 6.20 Å². The van der Waals surface area contributed by atoms with Crippen molar-refractivity contribution in [2.45, 2.75) is 26.2 Å². The molecule has 4 rings (SSSR count). The molecule has 0 radical (unpaired) electrons. The molecule has 0 N–H and O–H groups in total. The number of furan rings is 1.